The smallest absolute Gasteiger partial charge is 0.219 e. The van der Waals surface area contributed by atoms with Crippen molar-refractivity contribution in [1.82, 2.24) is 19.7 Å². The molecule has 5 rings (SSSR count). The maximum atomic E-state index is 14.0. The largest absolute Gasteiger partial charge is 0.370 e. The minimum absolute atomic E-state index is 0.00752. The number of hydrogen-bond acceptors (Lipinski definition) is 5. The number of carbonyl (C=O) groups excluding carboxylic acids is 2. The quantitative estimate of drug-likeness (QED) is 0.254. The predicted octanol–water partition coefficient (Wildman–Crippen LogP) is 4.79. The van der Waals surface area contributed by atoms with Gasteiger partial charge in [0.1, 0.15) is 11.1 Å². The number of nitrogens with zero attached hydrogens (tertiary/aromatic N) is 3. The summed E-state index contributed by atoms with van der Waals surface area (Å²) in [6, 6.07) is 15.8. The number of ketones is 1. The van der Waals surface area contributed by atoms with Gasteiger partial charge in [-0.3, -0.25) is 9.59 Å². The van der Waals surface area contributed by atoms with E-state index < -0.39 is 5.25 Å². The van der Waals surface area contributed by atoms with E-state index >= 15 is 0 Å². The lowest BCUT2D eigenvalue weighted by Gasteiger charge is -2.16. The fraction of sp³-hybridized carbons (Fsp3) is 0.308. The first-order valence-corrected chi connectivity index (χ1v) is 12.5. The molecule has 1 fully saturated rings. The molecule has 3 N–H and O–H groups in total. The number of H-pyrrole nitrogens is 1. The Morgan fingerprint density at radius 2 is 1.94 bits per heavy atom. The van der Waals surface area contributed by atoms with E-state index in [0.29, 0.717) is 23.2 Å². The molecule has 34 heavy (non-hydrogen) atoms. The van der Waals surface area contributed by atoms with Crippen molar-refractivity contribution in [1.29, 1.82) is 0 Å². The van der Waals surface area contributed by atoms with Crippen molar-refractivity contribution in [3.63, 3.8) is 0 Å². The molecule has 8 heteroatoms. The molecule has 2 aromatic heterocycles. The highest BCUT2D eigenvalue weighted by molar-refractivity contribution is 8.00. The van der Waals surface area contributed by atoms with Crippen molar-refractivity contribution in [2.75, 3.05) is 0 Å². The second-order valence-electron chi connectivity index (χ2n) is 8.65. The monoisotopic (exact) mass is 473 g/mol. The van der Waals surface area contributed by atoms with Crippen molar-refractivity contribution in [3.8, 4) is 0 Å². The molecule has 1 aliphatic rings. The highest BCUT2D eigenvalue weighted by Gasteiger charge is 2.33. The fourth-order valence-corrected chi connectivity index (χ4v) is 5.46. The molecule has 0 bridgehead atoms. The lowest BCUT2D eigenvalue weighted by atomic mass is 10.0. The zero-order chi connectivity index (χ0) is 23.7. The van der Waals surface area contributed by atoms with Crippen molar-refractivity contribution < 1.29 is 9.59 Å². The molecule has 1 aliphatic carbocycles. The first kappa shape index (κ1) is 22.4. The molecule has 174 valence electrons. The molecule has 1 atom stereocenters. The van der Waals surface area contributed by atoms with Gasteiger partial charge in [-0.1, -0.05) is 67.2 Å². The summed E-state index contributed by atoms with van der Waals surface area (Å²) < 4.78 is 1.97. The van der Waals surface area contributed by atoms with E-state index in [-0.39, 0.29) is 18.1 Å². The fourth-order valence-electron chi connectivity index (χ4n) is 4.33. The Labute approximate surface area is 202 Å². The molecular weight excluding hydrogens is 446 g/mol. The number of para-hydroxylation sites is 1. The highest BCUT2D eigenvalue weighted by Crippen LogP contribution is 2.43. The standard InChI is InChI=1S/C26H27N5O2S/c1-2-16-9-6-10-19-20(15-28-22(16)19)23(33)24(17-7-4-3-5-8-17)34-26-30-29-25(18-11-12-18)31(26)14-13-21(27)32/h3-10,15,18,24,28H,2,11-14H2,1H3,(H2,27,32)/t24-/m1/s1. The van der Waals surface area contributed by atoms with E-state index in [2.05, 4.69) is 28.2 Å². The minimum Gasteiger partial charge on any atom is -0.370 e. The molecule has 0 unspecified atom stereocenters. The van der Waals surface area contributed by atoms with Crippen LogP contribution in [0, 0.1) is 0 Å². The van der Waals surface area contributed by atoms with Gasteiger partial charge in [0.25, 0.3) is 0 Å². The predicted molar refractivity (Wildman–Crippen MR) is 133 cm³/mol. The lowest BCUT2D eigenvalue weighted by Crippen LogP contribution is -2.16. The number of thioether (sulfide) groups is 1. The first-order valence-electron chi connectivity index (χ1n) is 11.6. The number of nitrogens with two attached hydrogens (primary N) is 1. The summed E-state index contributed by atoms with van der Waals surface area (Å²) in [4.78, 5) is 28.8. The normalized spacial score (nSPS) is 14.4. The van der Waals surface area contributed by atoms with Crippen LogP contribution in [0.4, 0.5) is 0 Å². The Kier molecular flexibility index (Phi) is 6.24. The summed E-state index contributed by atoms with van der Waals surface area (Å²) in [5.41, 5.74) is 9.17. The van der Waals surface area contributed by atoms with Crippen LogP contribution in [0.2, 0.25) is 0 Å². The number of Topliss-reactive ketones (excluding diaryl/α,β-unsaturated/α-hetero) is 1. The number of primary amides is 1. The Hall–Kier alpha value is -3.39. The van der Waals surface area contributed by atoms with E-state index in [4.69, 9.17) is 5.73 Å². The SMILES string of the molecule is CCc1cccc2c(C(=O)[C@H](Sc3nnc(C4CC4)n3CCC(N)=O)c3ccccc3)c[nH]c12. The number of aromatic amines is 1. The van der Waals surface area contributed by atoms with Crippen LogP contribution < -0.4 is 5.73 Å². The average molecular weight is 474 g/mol. The summed E-state index contributed by atoms with van der Waals surface area (Å²) in [5.74, 6) is 0.880. The Morgan fingerprint density at radius 3 is 2.65 bits per heavy atom. The van der Waals surface area contributed by atoms with Crippen LogP contribution in [0.15, 0.2) is 59.9 Å². The second-order valence-corrected chi connectivity index (χ2v) is 9.72. The third-order valence-electron chi connectivity index (χ3n) is 6.28. The Morgan fingerprint density at radius 1 is 1.15 bits per heavy atom. The maximum Gasteiger partial charge on any atom is 0.219 e. The van der Waals surface area contributed by atoms with Crippen LogP contribution in [-0.2, 0) is 17.8 Å². The summed E-state index contributed by atoms with van der Waals surface area (Å²) in [6.07, 6.45) is 5.04. The number of nitrogens with one attached hydrogen (secondary N) is 1. The molecule has 4 aromatic rings. The molecule has 0 saturated heterocycles. The lowest BCUT2D eigenvalue weighted by molar-refractivity contribution is -0.118. The Balaban J connectivity index is 1.54. The van der Waals surface area contributed by atoms with Gasteiger partial charge in [-0.25, -0.2) is 0 Å². The maximum absolute atomic E-state index is 14.0. The van der Waals surface area contributed by atoms with Crippen LogP contribution in [0.1, 0.15) is 64.7 Å². The molecule has 1 saturated carbocycles. The van der Waals surface area contributed by atoms with Crippen LogP contribution in [-0.4, -0.2) is 31.4 Å². The number of hydrogen-bond donors (Lipinski definition) is 2. The van der Waals surface area contributed by atoms with Crippen LogP contribution in [0.25, 0.3) is 10.9 Å². The van der Waals surface area contributed by atoms with Gasteiger partial charge < -0.3 is 15.3 Å². The van der Waals surface area contributed by atoms with Crippen molar-refractivity contribution in [3.05, 3.63) is 77.2 Å². The number of amides is 1. The van der Waals surface area contributed by atoms with Gasteiger partial charge in [-0.05, 0) is 30.4 Å². The molecule has 0 spiro atoms. The minimum atomic E-state index is -0.505. The Bertz CT molecular complexity index is 1340. The number of carbonyl (C=O) groups is 2. The van der Waals surface area contributed by atoms with Gasteiger partial charge in [-0.2, -0.15) is 0 Å². The zero-order valence-electron chi connectivity index (χ0n) is 19.0. The van der Waals surface area contributed by atoms with Crippen LogP contribution in [0.3, 0.4) is 0 Å². The molecule has 1 amide bonds. The van der Waals surface area contributed by atoms with Gasteiger partial charge in [0.05, 0.1) is 0 Å². The van der Waals surface area contributed by atoms with E-state index in [1.165, 1.54) is 17.3 Å². The molecule has 7 nitrogen and oxygen atoms in total. The van der Waals surface area contributed by atoms with Crippen LogP contribution >= 0.6 is 11.8 Å². The number of aromatic nitrogens is 4. The van der Waals surface area contributed by atoms with Crippen LogP contribution in [0.5, 0.6) is 0 Å². The summed E-state index contributed by atoms with van der Waals surface area (Å²) >= 11 is 1.38. The van der Waals surface area contributed by atoms with Crippen molar-refractivity contribution >= 4 is 34.4 Å². The number of aryl methyl sites for hydroxylation is 1. The highest BCUT2D eigenvalue weighted by atomic mass is 32.2. The zero-order valence-corrected chi connectivity index (χ0v) is 19.8. The number of benzene rings is 2. The van der Waals surface area contributed by atoms with Gasteiger partial charge in [0.2, 0.25) is 5.91 Å². The van der Waals surface area contributed by atoms with Crippen molar-refractivity contribution in [2.45, 2.75) is 55.5 Å². The van der Waals surface area contributed by atoms with Gasteiger partial charge in [-0.15, -0.1) is 10.2 Å². The van der Waals surface area contributed by atoms with E-state index in [1.807, 2.05) is 53.2 Å². The average Bonchev–Trinajstić information content (AvgIpc) is 3.47. The molecule has 2 heterocycles. The summed E-state index contributed by atoms with van der Waals surface area (Å²) in [5, 5.41) is 9.92. The molecular formula is C26H27N5O2S. The third kappa shape index (κ3) is 4.37. The molecule has 0 aliphatic heterocycles. The van der Waals surface area contributed by atoms with E-state index in [0.717, 1.165) is 41.6 Å². The van der Waals surface area contributed by atoms with Gasteiger partial charge >= 0.3 is 0 Å². The van der Waals surface area contributed by atoms with Crippen molar-refractivity contribution in [2.24, 2.45) is 5.73 Å². The first-order chi connectivity index (χ1) is 16.6. The molecule has 2 aromatic carbocycles. The third-order valence-corrected chi connectivity index (χ3v) is 7.52. The second kappa shape index (κ2) is 9.46. The number of fused-ring (bicyclic) bond motifs is 1. The summed E-state index contributed by atoms with van der Waals surface area (Å²) in [7, 11) is 0. The van der Waals surface area contributed by atoms with E-state index in [1.54, 1.807) is 0 Å². The van der Waals surface area contributed by atoms with Gasteiger partial charge in [0.15, 0.2) is 10.9 Å². The van der Waals surface area contributed by atoms with E-state index in [9.17, 15) is 9.59 Å². The summed E-state index contributed by atoms with van der Waals surface area (Å²) in [6.45, 7) is 2.52. The topological polar surface area (TPSA) is 107 Å². The van der Waals surface area contributed by atoms with Gasteiger partial charge in [0, 0.05) is 41.5 Å². The molecule has 0 radical (unpaired) electrons. The number of rotatable bonds is 10.